The Morgan fingerprint density at radius 3 is 2.15 bits per heavy atom. The van der Waals surface area contributed by atoms with Crippen LogP contribution in [0.2, 0.25) is 5.02 Å². The predicted octanol–water partition coefficient (Wildman–Crippen LogP) is 5.67. The van der Waals surface area contributed by atoms with Gasteiger partial charge < -0.3 is 10.1 Å². The van der Waals surface area contributed by atoms with Gasteiger partial charge in [0.15, 0.2) is 6.10 Å². The minimum Gasteiger partial charge on any atom is -0.481 e. The Balaban J connectivity index is 2.00. The van der Waals surface area contributed by atoms with Crippen LogP contribution in [-0.4, -0.2) is 12.0 Å². The summed E-state index contributed by atoms with van der Waals surface area (Å²) in [6.45, 7) is 10.5. The summed E-state index contributed by atoms with van der Waals surface area (Å²) in [6.07, 6.45) is 0.0527. The van der Waals surface area contributed by atoms with Crippen molar-refractivity contribution < 1.29 is 9.53 Å². The second-order valence-electron chi connectivity index (χ2n) is 7.57. The first-order valence-corrected chi connectivity index (χ1v) is 9.41. The third-order valence-electron chi connectivity index (χ3n) is 4.39. The first-order valence-electron chi connectivity index (χ1n) is 9.03. The van der Waals surface area contributed by atoms with Gasteiger partial charge in [-0.15, -0.1) is 0 Å². The molecule has 0 saturated heterocycles. The van der Waals surface area contributed by atoms with Crippen LogP contribution in [0.4, 0.5) is 0 Å². The highest BCUT2D eigenvalue weighted by Crippen LogP contribution is 2.24. The molecule has 0 unspecified atom stereocenters. The highest BCUT2D eigenvalue weighted by molar-refractivity contribution is 6.30. The van der Waals surface area contributed by atoms with Crippen molar-refractivity contribution >= 4 is 17.5 Å². The van der Waals surface area contributed by atoms with Crippen LogP contribution in [0.1, 0.15) is 58.2 Å². The molecule has 0 aromatic heterocycles. The molecule has 0 spiro atoms. The number of ether oxygens (including phenoxy) is 1. The third kappa shape index (κ3) is 5.50. The molecule has 26 heavy (non-hydrogen) atoms. The fourth-order valence-corrected chi connectivity index (χ4v) is 2.79. The summed E-state index contributed by atoms with van der Waals surface area (Å²) in [5.74, 6) is 0.522. The van der Waals surface area contributed by atoms with Gasteiger partial charge in [0.1, 0.15) is 5.75 Å². The number of carbonyl (C=O) groups is 1. The van der Waals surface area contributed by atoms with Gasteiger partial charge in [-0.2, -0.15) is 0 Å². The molecule has 0 fully saturated rings. The lowest BCUT2D eigenvalue weighted by Gasteiger charge is -2.22. The summed E-state index contributed by atoms with van der Waals surface area (Å²) in [5.41, 5.74) is 2.47. The zero-order chi connectivity index (χ0) is 19.3. The van der Waals surface area contributed by atoms with Crippen LogP contribution < -0.4 is 10.1 Å². The first kappa shape index (κ1) is 20.3. The molecule has 0 radical (unpaired) electrons. The molecule has 0 heterocycles. The quantitative estimate of drug-likeness (QED) is 0.708. The second-order valence-corrected chi connectivity index (χ2v) is 8.01. The summed E-state index contributed by atoms with van der Waals surface area (Å²) < 4.78 is 5.81. The smallest absolute Gasteiger partial charge is 0.261 e. The van der Waals surface area contributed by atoms with Crippen molar-refractivity contribution in [3.05, 3.63) is 64.7 Å². The maximum atomic E-state index is 12.6. The largest absolute Gasteiger partial charge is 0.481 e. The van der Waals surface area contributed by atoms with Gasteiger partial charge >= 0.3 is 0 Å². The molecule has 2 rings (SSSR count). The van der Waals surface area contributed by atoms with E-state index in [1.807, 2.05) is 13.8 Å². The Kier molecular flexibility index (Phi) is 6.71. The monoisotopic (exact) mass is 373 g/mol. The number of halogens is 1. The van der Waals surface area contributed by atoms with Gasteiger partial charge in [-0.25, -0.2) is 0 Å². The zero-order valence-corrected chi connectivity index (χ0v) is 16.9. The van der Waals surface area contributed by atoms with E-state index in [0.29, 0.717) is 17.2 Å². The number of rotatable bonds is 6. The van der Waals surface area contributed by atoms with Gasteiger partial charge in [0, 0.05) is 5.02 Å². The van der Waals surface area contributed by atoms with Crippen molar-refractivity contribution in [2.75, 3.05) is 0 Å². The van der Waals surface area contributed by atoms with E-state index in [9.17, 15) is 4.79 Å². The van der Waals surface area contributed by atoms with Crippen molar-refractivity contribution in [3.63, 3.8) is 0 Å². The molecule has 2 aromatic carbocycles. The third-order valence-corrected chi connectivity index (χ3v) is 4.64. The van der Waals surface area contributed by atoms with Crippen LogP contribution in [0, 0.1) is 0 Å². The normalized spacial score (nSPS) is 13.8. The summed E-state index contributed by atoms with van der Waals surface area (Å²) in [4.78, 5) is 12.6. The highest BCUT2D eigenvalue weighted by atomic mass is 35.5. The number of benzene rings is 2. The van der Waals surface area contributed by atoms with Gasteiger partial charge in [0.2, 0.25) is 0 Å². The van der Waals surface area contributed by atoms with E-state index in [0.717, 1.165) is 5.56 Å². The fraction of sp³-hybridized carbons (Fsp3) is 0.409. The second kappa shape index (κ2) is 8.59. The number of amides is 1. The van der Waals surface area contributed by atoms with Crippen molar-refractivity contribution in [1.29, 1.82) is 0 Å². The van der Waals surface area contributed by atoms with Crippen LogP contribution in [0.5, 0.6) is 5.75 Å². The topological polar surface area (TPSA) is 38.3 Å². The average Bonchev–Trinajstić information content (AvgIpc) is 2.60. The fourth-order valence-electron chi connectivity index (χ4n) is 2.66. The Labute approximate surface area is 161 Å². The summed E-state index contributed by atoms with van der Waals surface area (Å²) >= 11 is 5.89. The molecule has 0 bridgehead atoms. The van der Waals surface area contributed by atoms with Crippen LogP contribution >= 0.6 is 11.6 Å². The van der Waals surface area contributed by atoms with Crippen LogP contribution in [0.25, 0.3) is 0 Å². The van der Waals surface area contributed by atoms with Gasteiger partial charge in [0.05, 0.1) is 6.04 Å². The lowest BCUT2D eigenvalue weighted by Crippen LogP contribution is -2.39. The van der Waals surface area contributed by atoms with Gasteiger partial charge in [-0.05, 0) is 54.2 Å². The number of hydrogen-bond acceptors (Lipinski definition) is 2. The van der Waals surface area contributed by atoms with Crippen molar-refractivity contribution in [3.8, 4) is 5.75 Å². The van der Waals surface area contributed by atoms with E-state index < -0.39 is 6.10 Å². The molecular formula is C22H28ClNO2. The van der Waals surface area contributed by atoms with E-state index in [-0.39, 0.29) is 17.4 Å². The molecule has 140 valence electrons. The maximum absolute atomic E-state index is 12.6. The molecule has 0 aliphatic carbocycles. The molecule has 2 atom stereocenters. The molecule has 0 saturated carbocycles. The number of nitrogens with one attached hydrogen (secondary N) is 1. The van der Waals surface area contributed by atoms with Crippen LogP contribution in [0.3, 0.4) is 0 Å². The zero-order valence-electron chi connectivity index (χ0n) is 16.2. The Hall–Kier alpha value is -2.00. The van der Waals surface area contributed by atoms with E-state index in [4.69, 9.17) is 16.3 Å². The summed E-state index contributed by atoms with van der Waals surface area (Å²) in [7, 11) is 0. The van der Waals surface area contributed by atoms with Crippen LogP contribution in [0.15, 0.2) is 48.5 Å². The first-order chi connectivity index (χ1) is 12.2. The molecule has 3 nitrogen and oxygen atoms in total. The van der Waals surface area contributed by atoms with Gasteiger partial charge in [-0.3, -0.25) is 4.79 Å². The number of carbonyl (C=O) groups excluding carboxylic acids is 1. The minimum atomic E-state index is -0.535. The maximum Gasteiger partial charge on any atom is 0.261 e. The lowest BCUT2D eigenvalue weighted by atomic mass is 9.86. The van der Waals surface area contributed by atoms with Crippen molar-refractivity contribution in [2.45, 2.75) is 58.6 Å². The van der Waals surface area contributed by atoms with E-state index in [1.54, 1.807) is 24.3 Å². The average molecular weight is 374 g/mol. The van der Waals surface area contributed by atoms with Gasteiger partial charge in [0.25, 0.3) is 5.91 Å². The minimum absolute atomic E-state index is 0.0839. The van der Waals surface area contributed by atoms with Gasteiger partial charge in [-0.1, -0.05) is 63.6 Å². The molecule has 1 amide bonds. The Bertz CT molecular complexity index is 717. The predicted molar refractivity (Wildman–Crippen MR) is 108 cm³/mol. The Morgan fingerprint density at radius 2 is 1.65 bits per heavy atom. The molecule has 0 aliphatic rings. The Morgan fingerprint density at radius 1 is 1.08 bits per heavy atom. The van der Waals surface area contributed by atoms with Crippen molar-refractivity contribution in [1.82, 2.24) is 5.32 Å². The lowest BCUT2D eigenvalue weighted by molar-refractivity contribution is -0.128. The van der Waals surface area contributed by atoms with E-state index in [1.165, 1.54) is 5.56 Å². The standard InChI is InChI=1S/C22H28ClNO2/c1-6-20(26-19-13-11-18(23)12-14-19)21(25)24-15(2)16-7-9-17(10-8-16)22(3,4)5/h7-15,20H,6H2,1-5H3,(H,24,25)/t15-,20-/m0/s1. The van der Waals surface area contributed by atoms with E-state index in [2.05, 4.69) is 50.4 Å². The molecule has 2 aromatic rings. The summed E-state index contributed by atoms with van der Waals surface area (Å²) in [5, 5.41) is 3.69. The summed E-state index contributed by atoms with van der Waals surface area (Å²) in [6, 6.07) is 15.4. The van der Waals surface area contributed by atoms with E-state index >= 15 is 0 Å². The number of hydrogen-bond donors (Lipinski definition) is 1. The highest BCUT2D eigenvalue weighted by Gasteiger charge is 2.21. The van der Waals surface area contributed by atoms with Crippen LogP contribution in [-0.2, 0) is 10.2 Å². The molecule has 1 N–H and O–H groups in total. The molecule has 0 aliphatic heterocycles. The molecular weight excluding hydrogens is 346 g/mol. The SMILES string of the molecule is CC[C@H](Oc1ccc(Cl)cc1)C(=O)N[C@@H](C)c1ccc(C(C)(C)C)cc1. The molecule has 4 heteroatoms. The van der Waals surface area contributed by atoms with Crippen molar-refractivity contribution in [2.24, 2.45) is 0 Å².